The van der Waals surface area contributed by atoms with Crippen LogP contribution in [0.1, 0.15) is 98.8 Å². The quantitative estimate of drug-likeness (QED) is 0.216. The predicted molar refractivity (Wildman–Crippen MR) is 170 cm³/mol. The van der Waals surface area contributed by atoms with Crippen LogP contribution in [-0.2, 0) is 14.1 Å². The zero-order valence-electron chi connectivity index (χ0n) is 26.5. The van der Waals surface area contributed by atoms with Gasteiger partial charge < -0.3 is 9.63 Å². The average molecular weight is 583 g/mol. The summed E-state index contributed by atoms with van der Waals surface area (Å²) in [6, 6.07) is 0. The molecule has 0 heterocycles. The number of ketones is 2. The van der Waals surface area contributed by atoms with Gasteiger partial charge in [-0.15, -0.1) is 0 Å². The second-order valence-electron chi connectivity index (χ2n) is 14.0. The SMILES string of the molecule is C=C1CC[C@@]2(O)C(=CC[C@]3(C)[C@@H](OP)CC[C@H]32)C=C1[C@@H](C)[C@H](C)C(CC)=[N+](C)C.C[C@]12CCC(=O)C=C1CCC2=O. The molecule has 5 aliphatic rings. The van der Waals surface area contributed by atoms with Crippen LogP contribution in [0.3, 0.4) is 0 Å². The van der Waals surface area contributed by atoms with E-state index in [2.05, 4.69) is 74.6 Å². The Balaban J connectivity index is 0.000000267. The number of carbonyl (C=O) groups excluding carboxylic acids is 2. The van der Waals surface area contributed by atoms with E-state index < -0.39 is 5.60 Å². The molecule has 41 heavy (non-hydrogen) atoms. The normalized spacial score (nSPS) is 35.9. The molecule has 5 aliphatic carbocycles. The summed E-state index contributed by atoms with van der Waals surface area (Å²) < 4.78 is 8.02. The minimum atomic E-state index is -0.766. The number of carbonyl (C=O) groups is 2. The van der Waals surface area contributed by atoms with Crippen LogP contribution in [0.4, 0.5) is 0 Å². The molecule has 1 N–H and O–H groups in total. The molecule has 2 saturated carbocycles. The van der Waals surface area contributed by atoms with Crippen molar-refractivity contribution in [1.29, 1.82) is 0 Å². The van der Waals surface area contributed by atoms with Crippen LogP contribution >= 0.6 is 9.47 Å². The number of allylic oxidation sites excluding steroid dienone is 5. The fourth-order valence-electron chi connectivity index (χ4n) is 8.66. The number of rotatable bonds is 5. The largest absolute Gasteiger partial charge is 0.385 e. The second-order valence-corrected chi connectivity index (χ2v) is 14.2. The molecule has 5 nitrogen and oxygen atoms in total. The Morgan fingerprint density at radius 3 is 2.46 bits per heavy atom. The van der Waals surface area contributed by atoms with Gasteiger partial charge in [-0.1, -0.05) is 57.6 Å². The molecular formula is C35H53NO4P+. The Morgan fingerprint density at radius 1 is 1.12 bits per heavy atom. The Bertz CT molecular complexity index is 1220. The summed E-state index contributed by atoms with van der Waals surface area (Å²) in [6.07, 6.45) is 14.9. The van der Waals surface area contributed by atoms with Gasteiger partial charge in [0.1, 0.15) is 19.9 Å². The van der Waals surface area contributed by atoms with Crippen molar-refractivity contribution < 1.29 is 23.8 Å². The third kappa shape index (κ3) is 5.68. The highest BCUT2D eigenvalue weighted by Gasteiger charge is 2.58. The van der Waals surface area contributed by atoms with Crippen LogP contribution in [0.25, 0.3) is 0 Å². The van der Waals surface area contributed by atoms with Crippen molar-refractivity contribution >= 4 is 26.7 Å². The Morgan fingerprint density at radius 2 is 1.83 bits per heavy atom. The Labute approximate surface area is 250 Å². The highest BCUT2D eigenvalue weighted by Crippen LogP contribution is 2.59. The summed E-state index contributed by atoms with van der Waals surface area (Å²) in [5.41, 5.74) is 5.16. The number of nitrogens with zero attached hydrogens (tertiary/aromatic N) is 1. The van der Waals surface area contributed by atoms with Crippen LogP contribution in [0.15, 0.2) is 47.1 Å². The van der Waals surface area contributed by atoms with Gasteiger partial charge in [-0.05, 0) is 75.0 Å². The molecule has 1 unspecified atom stereocenters. The molecule has 6 heteroatoms. The van der Waals surface area contributed by atoms with Gasteiger partial charge in [0.2, 0.25) is 0 Å². The van der Waals surface area contributed by atoms with Gasteiger partial charge in [0, 0.05) is 51.4 Å². The molecule has 5 rings (SSSR count). The molecule has 0 aliphatic heterocycles. The highest BCUT2D eigenvalue weighted by atomic mass is 31.0. The summed E-state index contributed by atoms with van der Waals surface area (Å²) in [5, 5.41) is 12.0. The van der Waals surface area contributed by atoms with Gasteiger partial charge in [0.25, 0.3) is 0 Å². The second kappa shape index (κ2) is 12.1. The number of fused-ring (bicyclic) bond motifs is 4. The van der Waals surface area contributed by atoms with E-state index in [4.69, 9.17) is 4.52 Å². The predicted octanol–water partition coefficient (Wildman–Crippen LogP) is 6.96. The standard InChI is InChI=1S/C25H41NO2P.C10H12O2/c1-8-21(26(6)7)18(4)17(3)20-15-19-12-13-24(5)22(9-10-23(24)28-29)25(19,27)14-11-16(20)2;1-10-5-4-8(11)6-7(10)2-3-9(10)12/h12,15,17-18,22-23,27H,2,8-11,13-14,29H2,1,3-7H3;6H,2-5H2,1H3/q+1;/t17-,18-,22+,23-,24-,25+;10-/m00/s1. The van der Waals surface area contributed by atoms with E-state index in [9.17, 15) is 14.7 Å². The van der Waals surface area contributed by atoms with E-state index in [1.54, 1.807) is 6.08 Å². The number of aliphatic hydroxyl groups is 1. The smallest absolute Gasteiger partial charge is 0.155 e. The van der Waals surface area contributed by atoms with E-state index in [-0.39, 0.29) is 28.6 Å². The monoisotopic (exact) mass is 582 g/mol. The lowest BCUT2D eigenvalue weighted by Gasteiger charge is -2.48. The molecule has 0 aromatic rings. The van der Waals surface area contributed by atoms with Crippen molar-refractivity contribution in [3.05, 3.63) is 47.1 Å². The molecule has 226 valence electrons. The number of hydrogen-bond donors (Lipinski definition) is 1. The van der Waals surface area contributed by atoms with Crippen molar-refractivity contribution in [2.75, 3.05) is 14.1 Å². The third-order valence-electron chi connectivity index (χ3n) is 11.6. The maximum Gasteiger partial charge on any atom is 0.155 e. The van der Waals surface area contributed by atoms with Gasteiger partial charge in [-0.2, -0.15) is 0 Å². The first kappa shape index (κ1) is 32.2. The molecule has 0 amide bonds. The molecule has 2 fully saturated rings. The first-order chi connectivity index (χ1) is 19.2. The lowest BCUT2D eigenvalue weighted by Crippen LogP contribution is -2.50. The van der Waals surface area contributed by atoms with Gasteiger partial charge in [-0.3, -0.25) is 9.59 Å². The molecule has 0 bridgehead atoms. The summed E-state index contributed by atoms with van der Waals surface area (Å²) in [5.74, 6) is 1.58. The molecule has 0 aromatic heterocycles. The van der Waals surface area contributed by atoms with Crippen molar-refractivity contribution in [3.8, 4) is 0 Å². The Hall–Kier alpha value is -1.68. The van der Waals surface area contributed by atoms with Crippen molar-refractivity contribution in [2.24, 2.45) is 28.6 Å². The molecular weight excluding hydrogens is 529 g/mol. The topological polar surface area (TPSA) is 66.6 Å². The minimum Gasteiger partial charge on any atom is -0.385 e. The zero-order valence-corrected chi connectivity index (χ0v) is 27.7. The van der Waals surface area contributed by atoms with Gasteiger partial charge in [0.05, 0.1) is 11.7 Å². The summed E-state index contributed by atoms with van der Waals surface area (Å²) in [7, 11) is 6.75. The van der Waals surface area contributed by atoms with E-state index in [0.29, 0.717) is 30.5 Å². The fraction of sp³-hybridized carbons (Fsp3) is 0.686. The van der Waals surface area contributed by atoms with Crippen LogP contribution < -0.4 is 0 Å². The van der Waals surface area contributed by atoms with E-state index in [1.807, 2.05) is 6.92 Å². The molecule has 0 aromatic carbocycles. The lowest BCUT2D eigenvalue weighted by atomic mass is 9.60. The van der Waals surface area contributed by atoms with Crippen molar-refractivity contribution in [3.63, 3.8) is 0 Å². The van der Waals surface area contributed by atoms with E-state index in [1.165, 1.54) is 16.9 Å². The summed E-state index contributed by atoms with van der Waals surface area (Å²) in [4.78, 5) is 22.6. The van der Waals surface area contributed by atoms with Crippen molar-refractivity contribution in [1.82, 2.24) is 0 Å². The van der Waals surface area contributed by atoms with Gasteiger partial charge in [0.15, 0.2) is 11.5 Å². The van der Waals surface area contributed by atoms with E-state index >= 15 is 0 Å². The van der Waals surface area contributed by atoms with Crippen LogP contribution in [0.2, 0.25) is 0 Å². The number of Topliss-reactive ketones (excluding diaryl/α,β-unsaturated/α-hetero) is 1. The molecule has 0 spiro atoms. The first-order valence-corrected chi connectivity index (χ1v) is 16.2. The molecule has 0 radical (unpaired) electrons. The fourth-order valence-corrected chi connectivity index (χ4v) is 9.10. The molecule has 0 saturated heterocycles. The zero-order chi connectivity index (χ0) is 30.3. The minimum absolute atomic E-state index is 0.00661. The van der Waals surface area contributed by atoms with Crippen molar-refractivity contribution in [2.45, 2.75) is 111 Å². The van der Waals surface area contributed by atoms with Gasteiger partial charge >= 0.3 is 0 Å². The number of hydrogen-bond acceptors (Lipinski definition) is 4. The first-order valence-electron chi connectivity index (χ1n) is 15.7. The average Bonchev–Trinajstić information content (AvgIpc) is 3.38. The summed E-state index contributed by atoms with van der Waals surface area (Å²) in [6.45, 7) is 15.6. The van der Waals surface area contributed by atoms with Crippen LogP contribution in [-0.4, -0.2) is 52.8 Å². The maximum absolute atomic E-state index is 12.0. The lowest BCUT2D eigenvalue weighted by molar-refractivity contribution is -0.468. The molecule has 8 atom stereocenters. The van der Waals surface area contributed by atoms with Crippen LogP contribution in [0, 0.1) is 28.6 Å². The van der Waals surface area contributed by atoms with E-state index in [0.717, 1.165) is 62.5 Å². The highest BCUT2D eigenvalue weighted by molar-refractivity contribution is 7.09. The maximum atomic E-state index is 12.0. The third-order valence-corrected chi connectivity index (χ3v) is 12.0. The summed E-state index contributed by atoms with van der Waals surface area (Å²) >= 11 is 0. The van der Waals surface area contributed by atoms with Gasteiger partial charge in [-0.25, -0.2) is 4.58 Å². The van der Waals surface area contributed by atoms with Crippen LogP contribution in [0.5, 0.6) is 0 Å². The Kier molecular flexibility index (Phi) is 9.54.